The maximum Gasteiger partial charge on any atom is 0.321 e. The zero-order valence-electron chi connectivity index (χ0n) is 14.5. The average molecular weight is 326 g/mol. The van der Waals surface area contributed by atoms with Crippen molar-refractivity contribution in [3.8, 4) is 0 Å². The van der Waals surface area contributed by atoms with Gasteiger partial charge >= 0.3 is 6.03 Å². The zero-order valence-corrected chi connectivity index (χ0v) is 14.5. The molecule has 1 aromatic carbocycles. The van der Waals surface area contributed by atoms with E-state index in [1.807, 2.05) is 35.2 Å². The molecule has 2 heterocycles. The van der Waals surface area contributed by atoms with Crippen molar-refractivity contribution in [2.24, 2.45) is 11.8 Å². The number of likely N-dealkylation sites (tertiary alicyclic amines) is 1. The van der Waals surface area contributed by atoms with Crippen molar-refractivity contribution in [3.63, 3.8) is 0 Å². The van der Waals surface area contributed by atoms with Crippen LogP contribution in [0.1, 0.15) is 33.1 Å². The van der Waals surface area contributed by atoms with Crippen LogP contribution in [0.4, 0.5) is 10.5 Å². The predicted octanol–water partition coefficient (Wildman–Crippen LogP) is 4.05. The lowest BCUT2D eigenvalue weighted by atomic mass is 9.72. The van der Waals surface area contributed by atoms with Gasteiger partial charge in [0.2, 0.25) is 0 Å². The molecule has 0 saturated carbocycles. The molecule has 1 aliphatic carbocycles. The lowest BCUT2D eigenvalue weighted by Crippen LogP contribution is -2.43. The number of para-hydroxylation sites is 1. The summed E-state index contributed by atoms with van der Waals surface area (Å²) in [7, 11) is 0. The number of amides is 2. The molecule has 2 fully saturated rings. The Labute approximate surface area is 143 Å². The van der Waals surface area contributed by atoms with E-state index in [2.05, 4.69) is 19.2 Å². The van der Waals surface area contributed by atoms with Crippen molar-refractivity contribution >= 4 is 11.7 Å². The average Bonchev–Trinajstić information content (AvgIpc) is 2.76. The summed E-state index contributed by atoms with van der Waals surface area (Å²) >= 11 is 0. The number of fused-ring (bicyclic) bond motifs is 5. The third-order valence-corrected chi connectivity index (χ3v) is 6.06. The van der Waals surface area contributed by atoms with Crippen molar-refractivity contribution < 1.29 is 9.53 Å². The van der Waals surface area contributed by atoms with Gasteiger partial charge in [-0.25, -0.2) is 4.79 Å². The standard InChI is InChI=1S/C20H26N2O2/c1-13-10-16-17(11-14(13)2)19-12-22(9-8-18(16)24-19)20(23)21-15-6-4-3-5-7-15/h3-7,16-19H,8-12H2,1-2H3,(H,21,23)/t16-,17+,18+,19-/m0/s1. The number of rotatable bonds is 1. The lowest BCUT2D eigenvalue weighted by molar-refractivity contribution is 0.0365. The Balaban J connectivity index is 1.46. The number of benzene rings is 1. The molecule has 2 saturated heterocycles. The molecule has 1 N–H and O–H groups in total. The second-order valence-corrected chi connectivity index (χ2v) is 7.54. The Morgan fingerprint density at radius 1 is 1.08 bits per heavy atom. The smallest absolute Gasteiger partial charge is 0.321 e. The number of urea groups is 1. The van der Waals surface area contributed by atoms with Crippen LogP contribution >= 0.6 is 0 Å². The van der Waals surface area contributed by atoms with E-state index >= 15 is 0 Å². The molecule has 2 amide bonds. The van der Waals surface area contributed by atoms with Crippen molar-refractivity contribution in [2.75, 3.05) is 18.4 Å². The molecule has 2 bridgehead atoms. The molecular formula is C20H26N2O2. The predicted molar refractivity (Wildman–Crippen MR) is 94.9 cm³/mol. The maximum atomic E-state index is 12.6. The molecular weight excluding hydrogens is 300 g/mol. The molecule has 4 rings (SSSR count). The van der Waals surface area contributed by atoms with Crippen LogP contribution < -0.4 is 5.32 Å². The first-order chi connectivity index (χ1) is 11.6. The van der Waals surface area contributed by atoms with Crippen LogP contribution in [0, 0.1) is 11.8 Å². The van der Waals surface area contributed by atoms with E-state index in [9.17, 15) is 4.79 Å². The number of hydrogen-bond acceptors (Lipinski definition) is 2. The maximum absolute atomic E-state index is 12.6. The van der Waals surface area contributed by atoms with E-state index in [0.29, 0.717) is 24.5 Å². The molecule has 0 aromatic heterocycles. The Hall–Kier alpha value is -1.81. The van der Waals surface area contributed by atoms with E-state index in [1.165, 1.54) is 12.0 Å². The Kier molecular flexibility index (Phi) is 4.09. The van der Waals surface area contributed by atoms with Crippen LogP contribution in [-0.4, -0.2) is 36.2 Å². The minimum absolute atomic E-state index is 0.00634. The number of ether oxygens (including phenoxy) is 1. The number of anilines is 1. The van der Waals surface area contributed by atoms with Gasteiger partial charge in [0, 0.05) is 18.8 Å². The number of hydrogen-bond donors (Lipinski definition) is 1. The van der Waals surface area contributed by atoms with Gasteiger partial charge in [-0.15, -0.1) is 0 Å². The van der Waals surface area contributed by atoms with E-state index < -0.39 is 0 Å². The van der Waals surface area contributed by atoms with Gasteiger partial charge < -0.3 is 15.0 Å². The molecule has 128 valence electrons. The summed E-state index contributed by atoms with van der Waals surface area (Å²) in [5.41, 5.74) is 3.92. The van der Waals surface area contributed by atoms with Gasteiger partial charge in [0.1, 0.15) is 0 Å². The van der Waals surface area contributed by atoms with Gasteiger partial charge in [-0.2, -0.15) is 0 Å². The highest BCUT2D eigenvalue weighted by Gasteiger charge is 2.48. The van der Waals surface area contributed by atoms with E-state index in [4.69, 9.17) is 4.74 Å². The molecule has 4 atom stereocenters. The number of nitrogens with one attached hydrogen (secondary N) is 1. The number of carbonyl (C=O) groups excluding carboxylic acids is 1. The van der Waals surface area contributed by atoms with Crippen molar-refractivity contribution in [1.82, 2.24) is 4.90 Å². The van der Waals surface area contributed by atoms with Gasteiger partial charge in [-0.05, 0) is 57.1 Å². The van der Waals surface area contributed by atoms with Crippen LogP contribution in [0.2, 0.25) is 0 Å². The number of nitrogens with zero attached hydrogens (tertiary/aromatic N) is 1. The van der Waals surface area contributed by atoms with E-state index in [0.717, 1.165) is 25.1 Å². The molecule has 3 aliphatic rings. The molecule has 0 radical (unpaired) electrons. The third-order valence-electron chi connectivity index (χ3n) is 6.06. The minimum Gasteiger partial charge on any atom is -0.372 e. The van der Waals surface area contributed by atoms with Gasteiger partial charge in [0.15, 0.2) is 0 Å². The quantitative estimate of drug-likeness (QED) is 0.791. The SMILES string of the molecule is CC1=C(C)C[C@H]2[C@@H](C1)[C@@H]1CN(C(=O)Nc3ccccc3)CC[C@H]2O1. The second-order valence-electron chi connectivity index (χ2n) is 7.54. The summed E-state index contributed by atoms with van der Waals surface area (Å²) in [4.78, 5) is 14.6. The van der Waals surface area contributed by atoms with Gasteiger partial charge in [0.05, 0.1) is 12.2 Å². The highest BCUT2D eigenvalue weighted by Crippen LogP contribution is 2.47. The zero-order chi connectivity index (χ0) is 16.7. The van der Waals surface area contributed by atoms with Gasteiger partial charge in [-0.3, -0.25) is 0 Å². The van der Waals surface area contributed by atoms with Crippen LogP contribution in [-0.2, 0) is 4.74 Å². The first-order valence-corrected chi connectivity index (χ1v) is 9.03. The van der Waals surface area contributed by atoms with Gasteiger partial charge in [0.25, 0.3) is 0 Å². The largest absolute Gasteiger partial charge is 0.372 e. The monoisotopic (exact) mass is 326 g/mol. The third kappa shape index (κ3) is 2.84. The summed E-state index contributed by atoms with van der Waals surface area (Å²) in [6.07, 6.45) is 3.76. The van der Waals surface area contributed by atoms with E-state index in [-0.39, 0.29) is 12.1 Å². The number of carbonyl (C=O) groups is 1. The summed E-state index contributed by atoms with van der Waals surface area (Å²) in [5, 5.41) is 3.01. The van der Waals surface area contributed by atoms with Crippen molar-refractivity contribution in [1.29, 1.82) is 0 Å². The molecule has 1 aromatic rings. The fourth-order valence-corrected chi connectivity index (χ4v) is 4.56. The molecule has 2 aliphatic heterocycles. The fraction of sp³-hybridized carbons (Fsp3) is 0.550. The van der Waals surface area contributed by atoms with Crippen LogP contribution in [0.25, 0.3) is 0 Å². The lowest BCUT2D eigenvalue weighted by Gasteiger charge is -2.35. The molecule has 0 spiro atoms. The second kappa shape index (κ2) is 6.25. The van der Waals surface area contributed by atoms with Crippen LogP contribution in [0.5, 0.6) is 0 Å². The molecule has 4 nitrogen and oxygen atoms in total. The topological polar surface area (TPSA) is 41.6 Å². The Morgan fingerprint density at radius 2 is 1.75 bits per heavy atom. The summed E-state index contributed by atoms with van der Waals surface area (Å²) in [5.74, 6) is 1.23. The number of allylic oxidation sites excluding steroid dienone is 2. The summed E-state index contributed by atoms with van der Waals surface area (Å²) in [6, 6.07) is 9.67. The molecule has 24 heavy (non-hydrogen) atoms. The Morgan fingerprint density at radius 3 is 2.46 bits per heavy atom. The highest BCUT2D eigenvalue weighted by molar-refractivity contribution is 5.89. The molecule has 4 heteroatoms. The van der Waals surface area contributed by atoms with E-state index in [1.54, 1.807) is 5.57 Å². The van der Waals surface area contributed by atoms with Crippen LogP contribution in [0.15, 0.2) is 41.5 Å². The first-order valence-electron chi connectivity index (χ1n) is 9.03. The van der Waals surface area contributed by atoms with Crippen LogP contribution in [0.3, 0.4) is 0 Å². The normalized spacial score (nSPS) is 32.3. The van der Waals surface area contributed by atoms with Gasteiger partial charge in [-0.1, -0.05) is 29.3 Å². The summed E-state index contributed by atoms with van der Waals surface area (Å²) < 4.78 is 6.35. The van der Waals surface area contributed by atoms with Crippen molar-refractivity contribution in [3.05, 3.63) is 41.5 Å². The van der Waals surface area contributed by atoms with Crippen molar-refractivity contribution in [2.45, 2.75) is 45.3 Å². The first kappa shape index (κ1) is 15.7. The Bertz CT molecular complexity index is 655. The highest BCUT2D eigenvalue weighted by atomic mass is 16.5. The molecule has 0 unspecified atom stereocenters. The fourth-order valence-electron chi connectivity index (χ4n) is 4.56. The minimum atomic E-state index is -0.00634. The summed E-state index contributed by atoms with van der Waals surface area (Å²) in [6.45, 7) is 6.01.